The molecule has 0 aliphatic heterocycles. The minimum Gasteiger partial charge on any atom is -0.496 e. The lowest BCUT2D eigenvalue weighted by Crippen LogP contribution is -2.23. The lowest BCUT2D eigenvalue weighted by Gasteiger charge is -2.24. The van der Waals surface area contributed by atoms with Crippen molar-refractivity contribution in [1.82, 2.24) is 10.3 Å². The second-order valence-electron chi connectivity index (χ2n) is 5.69. The Hall–Kier alpha value is -1.87. The molecule has 3 nitrogen and oxygen atoms in total. The zero-order valence-electron chi connectivity index (χ0n) is 12.9. The molecule has 0 spiro atoms. The number of hydrogen-bond acceptors (Lipinski definition) is 3. The van der Waals surface area contributed by atoms with Gasteiger partial charge in [0.05, 0.1) is 7.11 Å². The number of ether oxygens (including phenoxy) is 1. The first-order chi connectivity index (χ1) is 10.2. The summed E-state index contributed by atoms with van der Waals surface area (Å²) < 4.78 is 5.47. The van der Waals surface area contributed by atoms with E-state index in [-0.39, 0.29) is 6.04 Å². The van der Waals surface area contributed by atoms with Gasteiger partial charge in [-0.1, -0.05) is 18.2 Å². The van der Waals surface area contributed by atoms with Crippen LogP contribution in [0.15, 0.2) is 36.5 Å². The Morgan fingerprint density at radius 2 is 2.19 bits per heavy atom. The minimum atomic E-state index is 0.274. The maximum Gasteiger partial charge on any atom is 0.122 e. The third-order valence-corrected chi connectivity index (χ3v) is 4.51. The van der Waals surface area contributed by atoms with Gasteiger partial charge in [-0.05, 0) is 55.6 Å². The number of nitrogens with one attached hydrogen (secondary N) is 1. The lowest BCUT2D eigenvalue weighted by molar-refractivity contribution is 0.408. The van der Waals surface area contributed by atoms with Crippen molar-refractivity contribution in [3.05, 3.63) is 58.9 Å². The summed E-state index contributed by atoms with van der Waals surface area (Å²) in [6.45, 7) is 2.07. The SMILES string of the molecule is CNC(c1ccc(C)c(OC)c1)C1CCc2cccnc21. The molecule has 0 fully saturated rings. The van der Waals surface area contributed by atoms with Crippen LogP contribution in [0.25, 0.3) is 0 Å². The van der Waals surface area contributed by atoms with Gasteiger partial charge in [-0.2, -0.15) is 0 Å². The van der Waals surface area contributed by atoms with Crippen molar-refractivity contribution in [3.63, 3.8) is 0 Å². The van der Waals surface area contributed by atoms with Gasteiger partial charge in [-0.25, -0.2) is 0 Å². The quantitative estimate of drug-likeness (QED) is 0.933. The summed E-state index contributed by atoms with van der Waals surface area (Å²) in [7, 11) is 3.75. The standard InChI is InChI=1S/C18H22N2O/c1-12-6-7-14(11-16(12)21-3)17(19-2)15-9-8-13-5-4-10-20-18(13)15/h4-7,10-11,15,17,19H,8-9H2,1-3H3. The molecule has 1 aromatic carbocycles. The van der Waals surface area contributed by atoms with Crippen LogP contribution in [0.5, 0.6) is 5.75 Å². The van der Waals surface area contributed by atoms with Gasteiger partial charge in [-0.15, -0.1) is 0 Å². The third-order valence-electron chi connectivity index (χ3n) is 4.51. The second-order valence-corrected chi connectivity index (χ2v) is 5.69. The fourth-order valence-electron chi connectivity index (χ4n) is 3.40. The molecular weight excluding hydrogens is 260 g/mol. The minimum absolute atomic E-state index is 0.274. The molecule has 1 aromatic heterocycles. The molecule has 0 amide bonds. The van der Waals surface area contributed by atoms with Crippen LogP contribution in [0.1, 0.15) is 40.8 Å². The summed E-state index contributed by atoms with van der Waals surface area (Å²) >= 11 is 0. The van der Waals surface area contributed by atoms with E-state index in [4.69, 9.17) is 4.74 Å². The molecule has 2 atom stereocenters. The Balaban J connectivity index is 1.96. The van der Waals surface area contributed by atoms with Gasteiger partial charge in [0.2, 0.25) is 0 Å². The molecule has 110 valence electrons. The van der Waals surface area contributed by atoms with Crippen LogP contribution in [0.4, 0.5) is 0 Å². The first kappa shape index (κ1) is 14.1. The van der Waals surface area contributed by atoms with E-state index in [1.807, 2.05) is 19.3 Å². The average Bonchev–Trinajstić information content (AvgIpc) is 2.94. The summed E-state index contributed by atoms with van der Waals surface area (Å²) in [6, 6.07) is 11.0. The number of methoxy groups -OCH3 is 1. The van der Waals surface area contributed by atoms with Crippen molar-refractivity contribution in [2.45, 2.75) is 31.7 Å². The monoisotopic (exact) mass is 282 g/mol. The predicted molar refractivity (Wildman–Crippen MR) is 84.8 cm³/mol. The van der Waals surface area contributed by atoms with Gasteiger partial charge in [0.1, 0.15) is 5.75 Å². The van der Waals surface area contributed by atoms with E-state index in [1.165, 1.54) is 22.4 Å². The molecule has 21 heavy (non-hydrogen) atoms. The van der Waals surface area contributed by atoms with Crippen LogP contribution >= 0.6 is 0 Å². The molecule has 1 N–H and O–H groups in total. The summed E-state index contributed by atoms with van der Waals surface area (Å²) in [4.78, 5) is 4.62. The molecule has 1 aliphatic rings. The summed E-state index contributed by atoms with van der Waals surface area (Å²) in [5.41, 5.74) is 5.07. The van der Waals surface area contributed by atoms with E-state index in [2.05, 4.69) is 41.5 Å². The fraction of sp³-hybridized carbons (Fsp3) is 0.389. The summed E-state index contributed by atoms with van der Waals surface area (Å²) in [5, 5.41) is 3.48. The van der Waals surface area contributed by atoms with E-state index in [0.717, 1.165) is 18.6 Å². The predicted octanol–water partition coefficient (Wildman–Crippen LogP) is 3.39. The third kappa shape index (κ3) is 2.54. The normalized spacial score (nSPS) is 18.3. The van der Waals surface area contributed by atoms with Crippen LogP contribution in [-0.4, -0.2) is 19.1 Å². The van der Waals surface area contributed by atoms with E-state index in [9.17, 15) is 0 Å². The number of hydrogen-bond donors (Lipinski definition) is 1. The van der Waals surface area contributed by atoms with Gasteiger partial charge in [0.25, 0.3) is 0 Å². The summed E-state index contributed by atoms with van der Waals surface area (Å²) in [5.74, 6) is 1.38. The van der Waals surface area contributed by atoms with Crippen LogP contribution in [0.2, 0.25) is 0 Å². The van der Waals surface area contributed by atoms with Crippen molar-refractivity contribution >= 4 is 0 Å². The smallest absolute Gasteiger partial charge is 0.122 e. The van der Waals surface area contributed by atoms with Gasteiger partial charge in [0.15, 0.2) is 0 Å². The molecule has 0 saturated heterocycles. The number of likely N-dealkylation sites (N-methyl/N-ethyl adjacent to an activating group) is 1. The van der Waals surface area contributed by atoms with E-state index in [1.54, 1.807) is 7.11 Å². The van der Waals surface area contributed by atoms with Crippen LogP contribution in [-0.2, 0) is 6.42 Å². The Morgan fingerprint density at radius 3 is 2.95 bits per heavy atom. The van der Waals surface area contributed by atoms with E-state index >= 15 is 0 Å². The maximum absolute atomic E-state index is 5.47. The average molecular weight is 282 g/mol. The topological polar surface area (TPSA) is 34.1 Å². The van der Waals surface area contributed by atoms with Crippen LogP contribution in [0, 0.1) is 6.92 Å². The molecule has 0 bridgehead atoms. The molecule has 3 heteroatoms. The highest BCUT2D eigenvalue weighted by atomic mass is 16.5. The molecule has 1 heterocycles. The molecule has 2 unspecified atom stereocenters. The fourth-order valence-corrected chi connectivity index (χ4v) is 3.40. The Bertz CT molecular complexity index is 639. The van der Waals surface area contributed by atoms with Gasteiger partial charge in [0, 0.05) is 23.9 Å². The van der Waals surface area contributed by atoms with Gasteiger partial charge < -0.3 is 10.1 Å². The number of fused-ring (bicyclic) bond motifs is 1. The molecule has 0 saturated carbocycles. The van der Waals surface area contributed by atoms with Crippen LogP contribution < -0.4 is 10.1 Å². The highest BCUT2D eigenvalue weighted by Gasteiger charge is 2.31. The number of aromatic nitrogens is 1. The van der Waals surface area contributed by atoms with Crippen molar-refractivity contribution in [1.29, 1.82) is 0 Å². The Labute approximate surface area is 126 Å². The summed E-state index contributed by atoms with van der Waals surface area (Å²) in [6.07, 6.45) is 4.17. The molecule has 1 aliphatic carbocycles. The zero-order valence-corrected chi connectivity index (χ0v) is 12.9. The van der Waals surface area contributed by atoms with Crippen molar-refractivity contribution in [2.75, 3.05) is 14.2 Å². The molecular formula is C18H22N2O. The van der Waals surface area contributed by atoms with E-state index < -0.39 is 0 Å². The first-order valence-corrected chi connectivity index (χ1v) is 7.50. The zero-order chi connectivity index (χ0) is 14.8. The highest BCUT2D eigenvalue weighted by Crippen LogP contribution is 2.41. The molecule has 0 radical (unpaired) electrons. The van der Waals surface area contributed by atoms with E-state index in [0.29, 0.717) is 5.92 Å². The van der Waals surface area contributed by atoms with Crippen LogP contribution in [0.3, 0.4) is 0 Å². The Morgan fingerprint density at radius 1 is 1.33 bits per heavy atom. The number of rotatable bonds is 4. The number of benzene rings is 1. The first-order valence-electron chi connectivity index (χ1n) is 7.50. The number of aryl methyl sites for hydroxylation is 2. The highest BCUT2D eigenvalue weighted by molar-refractivity contribution is 5.40. The second kappa shape index (κ2) is 5.86. The lowest BCUT2D eigenvalue weighted by atomic mass is 9.90. The largest absolute Gasteiger partial charge is 0.496 e. The number of pyridine rings is 1. The van der Waals surface area contributed by atoms with Gasteiger partial charge >= 0.3 is 0 Å². The maximum atomic E-state index is 5.47. The molecule has 3 rings (SSSR count). The molecule has 2 aromatic rings. The van der Waals surface area contributed by atoms with Crippen molar-refractivity contribution in [2.24, 2.45) is 0 Å². The Kier molecular flexibility index (Phi) is 3.93. The van der Waals surface area contributed by atoms with Crippen molar-refractivity contribution < 1.29 is 4.74 Å². The number of nitrogens with zero attached hydrogens (tertiary/aromatic N) is 1. The van der Waals surface area contributed by atoms with Crippen molar-refractivity contribution in [3.8, 4) is 5.75 Å². The van der Waals surface area contributed by atoms with Gasteiger partial charge in [-0.3, -0.25) is 4.98 Å².